The summed E-state index contributed by atoms with van der Waals surface area (Å²) >= 11 is 1.46. The third-order valence-corrected chi connectivity index (χ3v) is 3.40. The molecule has 0 fully saturated rings. The molecule has 8 heteroatoms. The van der Waals surface area contributed by atoms with E-state index in [1.54, 1.807) is 0 Å². The highest BCUT2D eigenvalue weighted by atomic mass is 32.1. The molecular formula is C13H11N3O4S. The Bertz CT molecular complexity index is 670. The number of thiophene rings is 1. The van der Waals surface area contributed by atoms with Gasteiger partial charge in [0, 0.05) is 22.7 Å². The highest BCUT2D eigenvalue weighted by Gasteiger charge is 2.15. The van der Waals surface area contributed by atoms with E-state index < -0.39 is 16.7 Å². The molecule has 2 aromatic rings. The second-order valence-electron chi connectivity index (χ2n) is 4.02. The zero-order chi connectivity index (χ0) is 15.2. The van der Waals surface area contributed by atoms with Crippen molar-refractivity contribution in [2.45, 2.75) is 6.54 Å². The van der Waals surface area contributed by atoms with Gasteiger partial charge in [-0.25, -0.2) is 0 Å². The second-order valence-corrected chi connectivity index (χ2v) is 5.06. The molecule has 0 saturated heterocycles. The maximum Gasteiger partial charge on any atom is 0.313 e. The number of carbonyl (C=O) groups is 2. The number of nitro benzene ring substituents is 1. The van der Waals surface area contributed by atoms with Crippen molar-refractivity contribution in [2.24, 2.45) is 0 Å². The first kappa shape index (κ1) is 14.7. The first-order valence-corrected chi connectivity index (χ1v) is 6.80. The standard InChI is InChI=1S/C13H11N3O4S/c17-12(14-8-11-5-2-6-21-11)13(18)15-9-3-1-4-10(7-9)16(19)20/h1-7H,8H2,(H,14,17)(H,15,18). The largest absolute Gasteiger partial charge is 0.343 e. The van der Waals surface area contributed by atoms with Crippen LogP contribution in [-0.4, -0.2) is 16.7 Å². The fraction of sp³-hybridized carbons (Fsp3) is 0.0769. The van der Waals surface area contributed by atoms with Crippen LogP contribution in [0.25, 0.3) is 0 Å². The minimum Gasteiger partial charge on any atom is -0.343 e. The number of rotatable bonds is 4. The van der Waals surface area contributed by atoms with Crippen LogP contribution in [0.5, 0.6) is 0 Å². The summed E-state index contributed by atoms with van der Waals surface area (Å²) in [5, 5.41) is 17.3. The number of amides is 2. The Morgan fingerprint density at radius 2 is 2.00 bits per heavy atom. The molecular weight excluding hydrogens is 294 g/mol. The minimum atomic E-state index is -0.868. The van der Waals surface area contributed by atoms with Crippen molar-refractivity contribution in [3.8, 4) is 0 Å². The molecule has 2 N–H and O–H groups in total. The van der Waals surface area contributed by atoms with Crippen LogP contribution >= 0.6 is 11.3 Å². The minimum absolute atomic E-state index is 0.160. The predicted octanol–water partition coefficient (Wildman–Crippen LogP) is 1.91. The van der Waals surface area contributed by atoms with Crippen LogP contribution < -0.4 is 10.6 Å². The van der Waals surface area contributed by atoms with E-state index in [2.05, 4.69) is 10.6 Å². The molecule has 1 heterocycles. The Morgan fingerprint density at radius 1 is 1.19 bits per heavy atom. The van der Waals surface area contributed by atoms with Gasteiger partial charge in [0.2, 0.25) is 0 Å². The van der Waals surface area contributed by atoms with Crippen molar-refractivity contribution in [2.75, 3.05) is 5.32 Å². The topological polar surface area (TPSA) is 101 Å². The average molecular weight is 305 g/mol. The molecule has 0 atom stereocenters. The number of nitro groups is 1. The Kier molecular flexibility index (Phi) is 4.62. The average Bonchev–Trinajstić information content (AvgIpc) is 2.98. The van der Waals surface area contributed by atoms with Crippen LogP contribution in [0, 0.1) is 10.1 Å². The van der Waals surface area contributed by atoms with Crippen molar-refractivity contribution in [1.29, 1.82) is 0 Å². The van der Waals surface area contributed by atoms with E-state index in [-0.39, 0.29) is 17.9 Å². The molecule has 21 heavy (non-hydrogen) atoms. The maximum atomic E-state index is 11.7. The number of benzene rings is 1. The number of carbonyl (C=O) groups excluding carboxylic acids is 2. The smallest absolute Gasteiger partial charge is 0.313 e. The molecule has 2 rings (SSSR count). The number of hydrogen-bond donors (Lipinski definition) is 2. The number of nitrogens with zero attached hydrogens (tertiary/aromatic N) is 1. The molecule has 0 spiro atoms. The van der Waals surface area contributed by atoms with Gasteiger partial charge in [0.25, 0.3) is 5.69 Å². The summed E-state index contributed by atoms with van der Waals surface area (Å²) in [6.45, 7) is 0.263. The van der Waals surface area contributed by atoms with Crippen LogP contribution in [0.4, 0.5) is 11.4 Å². The number of nitrogens with one attached hydrogen (secondary N) is 2. The molecule has 0 aliphatic heterocycles. The fourth-order valence-corrected chi connectivity index (χ4v) is 2.19. The lowest BCUT2D eigenvalue weighted by Crippen LogP contribution is -2.34. The Hall–Kier alpha value is -2.74. The zero-order valence-corrected chi connectivity index (χ0v) is 11.6. The Labute approximate surface area is 123 Å². The van der Waals surface area contributed by atoms with Crippen molar-refractivity contribution >= 4 is 34.5 Å². The van der Waals surface area contributed by atoms with Crippen molar-refractivity contribution in [3.63, 3.8) is 0 Å². The SMILES string of the molecule is O=C(NCc1cccs1)C(=O)Nc1cccc([N+](=O)[O-])c1. The molecule has 1 aromatic heterocycles. The first-order chi connectivity index (χ1) is 10.1. The van der Waals surface area contributed by atoms with Crippen molar-refractivity contribution in [1.82, 2.24) is 5.32 Å². The van der Waals surface area contributed by atoms with Crippen molar-refractivity contribution in [3.05, 3.63) is 56.8 Å². The van der Waals surface area contributed by atoms with Crippen LogP contribution in [0.1, 0.15) is 4.88 Å². The molecule has 0 unspecified atom stereocenters. The fourth-order valence-electron chi connectivity index (χ4n) is 1.55. The molecule has 0 aliphatic rings. The van der Waals surface area contributed by atoms with Gasteiger partial charge in [-0.3, -0.25) is 19.7 Å². The summed E-state index contributed by atoms with van der Waals surface area (Å²) in [6, 6.07) is 9.06. The molecule has 0 aliphatic carbocycles. The van der Waals surface area contributed by atoms with Gasteiger partial charge >= 0.3 is 11.8 Å². The quantitative estimate of drug-likeness (QED) is 0.512. The van der Waals surface area contributed by atoms with E-state index in [9.17, 15) is 19.7 Å². The number of anilines is 1. The Balaban J connectivity index is 1.92. The van der Waals surface area contributed by atoms with Crippen LogP contribution in [-0.2, 0) is 16.1 Å². The van der Waals surface area contributed by atoms with Crippen LogP contribution in [0.2, 0.25) is 0 Å². The van der Waals surface area contributed by atoms with E-state index in [0.717, 1.165) is 4.88 Å². The summed E-state index contributed by atoms with van der Waals surface area (Å²) in [5.74, 6) is -1.66. The van der Waals surface area contributed by atoms with Gasteiger partial charge in [-0.15, -0.1) is 11.3 Å². The van der Waals surface area contributed by atoms with Gasteiger partial charge in [-0.1, -0.05) is 12.1 Å². The number of non-ortho nitro benzene ring substituents is 1. The van der Waals surface area contributed by atoms with E-state index in [1.165, 1.54) is 35.6 Å². The van der Waals surface area contributed by atoms with Gasteiger partial charge in [-0.05, 0) is 17.5 Å². The molecule has 1 aromatic carbocycles. The van der Waals surface area contributed by atoms with Gasteiger partial charge < -0.3 is 10.6 Å². The predicted molar refractivity (Wildman–Crippen MR) is 77.9 cm³/mol. The third-order valence-electron chi connectivity index (χ3n) is 2.52. The summed E-state index contributed by atoms with van der Waals surface area (Å²) in [4.78, 5) is 34.2. The number of hydrogen-bond acceptors (Lipinski definition) is 5. The molecule has 0 bridgehead atoms. The molecule has 7 nitrogen and oxygen atoms in total. The molecule has 108 valence electrons. The zero-order valence-electron chi connectivity index (χ0n) is 10.7. The summed E-state index contributed by atoms with van der Waals surface area (Å²) in [5.41, 5.74) is 0.0345. The first-order valence-electron chi connectivity index (χ1n) is 5.92. The maximum absolute atomic E-state index is 11.7. The normalized spacial score (nSPS) is 9.90. The van der Waals surface area contributed by atoms with E-state index in [4.69, 9.17) is 0 Å². The van der Waals surface area contributed by atoms with Gasteiger partial charge in [-0.2, -0.15) is 0 Å². The summed E-state index contributed by atoms with van der Waals surface area (Å²) in [7, 11) is 0. The third kappa shape index (κ3) is 4.11. The van der Waals surface area contributed by atoms with Crippen molar-refractivity contribution < 1.29 is 14.5 Å². The lowest BCUT2D eigenvalue weighted by Gasteiger charge is -2.05. The highest BCUT2D eigenvalue weighted by molar-refractivity contribution is 7.09. The van der Waals surface area contributed by atoms with E-state index >= 15 is 0 Å². The highest BCUT2D eigenvalue weighted by Crippen LogP contribution is 2.16. The second kappa shape index (κ2) is 6.62. The van der Waals surface area contributed by atoms with Gasteiger partial charge in [0.15, 0.2) is 0 Å². The van der Waals surface area contributed by atoms with E-state index in [1.807, 2.05) is 17.5 Å². The summed E-state index contributed by atoms with van der Waals surface area (Å²) in [6.07, 6.45) is 0. The molecule has 0 saturated carbocycles. The monoisotopic (exact) mass is 305 g/mol. The van der Waals surface area contributed by atoms with Gasteiger partial charge in [0.05, 0.1) is 11.5 Å². The lowest BCUT2D eigenvalue weighted by atomic mass is 10.3. The summed E-state index contributed by atoms with van der Waals surface area (Å²) < 4.78 is 0. The van der Waals surface area contributed by atoms with Crippen LogP contribution in [0.3, 0.4) is 0 Å². The lowest BCUT2D eigenvalue weighted by molar-refractivity contribution is -0.384. The Morgan fingerprint density at radius 3 is 2.67 bits per heavy atom. The molecule has 2 amide bonds. The van der Waals surface area contributed by atoms with E-state index in [0.29, 0.717) is 0 Å². The van der Waals surface area contributed by atoms with Gasteiger partial charge in [0.1, 0.15) is 0 Å². The van der Waals surface area contributed by atoms with Crippen LogP contribution in [0.15, 0.2) is 41.8 Å². The molecule has 0 radical (unpaired) electrons.